The number of aromatic nitrogens is 1. The van der Waals surface area contributed by atoms with E-state index in [1.165, 1.54) is 16.7 Å². The second-order valence-electron chi connectivity index (χ2n) is 3.72. The van der Waals surface area contributed by atoms with Crippen LogP contribution in [0.3, 0.4) is 0 Å². The molecule has 1 aromatic heterocycles. The monoisotopic (exact) mass is 313 g/mol. The van der Waals surface area contributed by atoms with Crippen molar-refractivity contribution in [3.63, 3.8) is 0 Å². The van der Waals surface area contributed by atoms with Gasteiger partial charge in [-0.05, 0) is 35.3 Å². The van der Waals surface area contributed by atoms with Gasteiger partial charge in [0.15, 0.2) is 4.34 Å². The smallest absolute Gasteiger partial charge is 0.151 e. The Kier molecular flexibility index (Phi) is 4.05. The average molecular weight is 314 g/mol. The predicted octanol–water partition coefficient (Wildman–Crippen LogP) is 4.81. The Morgan fingerprint density at radius 2 is 1.94 bits per heavy atom. The van der Waals surface area contributed by atoms with E-state index in [0.717, 1.165) is 14.7 Å². The average Bonchev–Trinajstić information content (AvgIpc) is 2.60. The minimum atomic E-state index is 0.931. The molecule has 1 nitrogen and oxygen atoms in total. The molecule has 84 valence electrons. The van der Waals surface area contributed by atoms with E-state index in [9.17, 15) is 0 Å². The second-order valence-corrected chi connectivity index (χ2v) is 6.61. The van der Waals surface area contributed by atoms with Crippen molar-refractivity contribution < 1.29 is 0 Å². The minimum Gasteiger partial charge on any atom is -0.223 e. The summed E-state index contributed by atoms with van der Waals surface area (Å²) < 4.78 is 2.05. The van der Waals surface area contributed by atoms with Crippen LogP contribution < -0.4 is 0 Å². The molecule has 0 aliphatic heterocycles. The molecule has 2 aromatic rings. The van der Waals surface area contributed by atoms with E-state index >= 15 is 0 Å². The van der Waals surface area contributed by atoms with Crippen molar-refractivity contribution in [3.8, 4) is 0 Å². The third-order valence-electron chi connectivity index (χ3n) is 2.10. The lowest BCUT2D eigenvalue weighted by Gasteiger charge is -2.03. The topological polar surface area (TPSA) is 12.9 Å². The fourth-order valence-electron chi connectivity index (χ4n) is 1.60. The highest BCUT2D eigenvalue weighted by Gasteiger charge is 2.02. The van der Waals surface area contributed by atoms with Gasteiger partial charge in [-0.1, -0.05) is 41.1 Å². The number of benzene rings is 1. The van der Waals surface area contributed by atoms with Crippen LogP contribution in [-0.4, -0.2) is 4.98 Å². The second kappa shape index (κ2) is 5.34. The van der Waals surface area contributed by atoms with Crippen LogP contribution in [0.25, 0.3) is 0 Å². The van der Waals surface area contributed by atoms with Crippen LogP contribution in [0.15, 0.2) is 32.5 Å². The first-order chi connectivity index (χ1) is 7.63. The van der Waals surface area contributed by atoms with Gasteiger partial charge < -0.3 is 0 Å². The van der Waals surface area contributed by atoms with Gasteiger partial charge in [-0.2, -0.15) is 0 Å². The van der Waals surface area contributed by atoms with Crippen molar-refractivity contribution in [3.05, 3.63) is 44.9 Å². The number of thiazole rings is 1. The standard InChI is InChI=1S/C12H12BrNS2/c1-8-3-9(2)5-10(4-8)6-15-12-14-11(13)7-16-12/h3-5,7H,6H2,1-2H3. The summed E-state index contributed by atoms with van der Waals surface area (Å²) in [5.41, 5.74) is 4.03. The van der Waals surface area contributed by atoms with Gasteiger partial charge in [0, 0.05) is 11.1 Å². The fraction of sp³-hybridized carbons (Fsp3) is 0.250. The molecule has 16 heavy (non-hydrogen) atoms. The van der Waals surface area contributed by atoms with Crippen LogP contribution in [0.4, 0.5) is 0 Å². The van der Waals surface area contributed by atoms with E-state index in [-0.39, 0.29) is 0 Å². The zero-order valence-electron chi connectivity index (χ0n) is 9.16. The maximum absolute atomic E-state index is 4.37. The van der Waals surface area contributed by atoms with E-state index in [1.807, 2.05) is 5.38 Å². The number of halogens is 1. The summed E-state index contributed by atoms with van der Waals surface area (Å²) in [5, 5.41) is 2.02. The SMILES string of the molecule is Cc1cc(C)cc(CSc2nc(Br)cs2)c1. The Balaban J connectivity index is 2.04. The highest BCUT2D eigenvalue weighted by Crippen LogP contribution is 2.28. The van der Waals surface area contributed by atoms with Crippen molar-refractivity contribution in [1.29, 1.82) is 0 Å². The molecule has 0 aliphatic rings. The van der Waals surface area contributed by atoms with Crippen LogP contribution in [-0.2, 0) is 5.75 Å². The number of hydrogen-bond acceptors (Lipinski definition) is 3. The Hall–Kier alpha value is -0.320. The Bertz CT molecular complexity index is 473. The lowest BCUT2D eigenvalue weighted by Crippen LogP contribution is -1.85. The highest BCUT2D eigenvalue weighted by molar-refractivity contribution is 9.10. The zero-order valence-corrected chi connectivity index (χ0v) is 12.4. The number of nitrogens with zero attached hydrogens (tertiary/aromatic N) is 1. The summed E-state index contributed by atoms with van der Waals surface area (Å²) in [6, 6.07) is 6.68. The molecule has 0 atom stereocenters. The molecule has 2 rings (SSSR count). The lowest BCUT2D eigenvalue weighted by molar-refractivity contribution is 1.20. The Labute approximate surface area is 112 Å². The maximum atomic E-state index is 4.37. The molecule has 4 heteroatoms. The molecule has 0 N–H and O–H groups in total. The molecule has 0 fully saturated rings. The van der Waals surface area contributed by atoms with Crippen LogP contribution in [0.2, 0.25) is 0 Å². The van der Waals surface area contributed by atoms with Crippen molar-refractivity contribution in [2.75, 3.05) is 0 Å². The van der Waals surface area contributed by atoms with Crippen molar-refractivity contribution >= 4 is 39.0 Å². The van der Waals surface area contributed by atoms with Gasteiger partial charge in [0.1, 0.15) is 4.60 Å². The molecule has 0 radical (unpaired) electrons. The summed E-state index contributed by atoms with van der Waals surface area (Å²) in [4.78, 5) is 4.37. The van der Waals surface area contributed by atoms with Gasteiger partial charge >= 0.3 is 0 Å². The van der Waals surface area contributed by atoms with E-state index < -0.39 is 0 Å². The van der Waals surface area contributed by atoms with Crippen LogP contribution in [0, 0.1) is 13.8 Å². The first kappa shape index (κ1) is 12.1. The van der Waals surface area contributed by atoms with Gasteiger partial charge in [-0.3, -0.25) is 0 Å². The lowest BCUT2D eigenvalue weighted by atomic mass is 10.1. The number of rotatable bonds is 3. The molecular formula is C12H12BrNS2. The molecule has 1 aromatic carbocycles. The Morgan fingerprint density at radius 1 is 1.25 bits per heavy atom. The summed E-state index contributed by atoms with van der Waals surface area (Å²) in [6.45, 7) is 4.28. The van der Waals surface area contributed by atoms with E-state index in [1.54, 1.807) is 23.1 Å². The normalized spacial score (nSPS) is 10.7. The maximum Gasteiger partial charge on any atom is 0.151 e. The summed E-state index contributed by atoms with van der Waals surface area (Å²) in [6.07, 6.45) is 0. The summed E-state index contributed by atoms with van der Waals surface area (Å²) >= 11 is 6.84. The molecular weight excluding hydrogens is 302 g/mol. The molecule has 0 saturated carbocycles. The predicted molar refractivity (Wildman–Crippen MR) is 75.3 cm³/mol. The molecule has 0 saturated heterocycles. The van der Waals surface area contributed by atoms with Gasteiger partial charge in [-0.25, -0.2) is 4.98 Å². The third-order valence-corrected chi connectivity index (χ3v) is 4.90. The zero-order chi connectivity index (χ0) is 11.5. The van der Waals surface area contributed by atoms with E-state index in [2.05, 4.69) is 53.0 Å². The minimum absolute atomic E-state index is 0.931. The van der Waals surface area contributed by atoms with Crippen molar-refractivity contribution in [1.82, 2.24) is 4.98 Å². The number of aryl methyl sites for hydroxylation is 2. The quantitative estimate of drug-likeness (QED) is 0.754. The van der Waals surface area contributed by atoms with Gasteiger partial charge in [0.25, 0.3) is 0 Å². The van der Waals surface area contributed by atoms with Crippen molar-refractivity contribution in [2.24, 2.45) is 0 Å². The third kappa shape index (κ3) is 3.34. The summed E-state index contributed by atoms with van der Waals surface area (Å²) in [5.74, 6) is 0.989. The first-order valence-electron chi connectivity index (χ1n) is 4.94. The largest absolute Gasteiger partial charge is 0.223 e. The highest BCUT2D eigenvalue weighted by atomic mass is 79.9. The molecule has 1 heterocycles. The van der Waals surface area contributed by atoms with Crippen LogP contribution in [0.1, 0.15) is 16.7 Å². The van der Waals surface area contributed by atoms with E-state index in [4.69, 9.17) is 0 Å². The number of thioether (sulfide) groups is 1. The van der Waals surface area contributed by atoms with Crippen LogP contribution in [0.5, 0.6) is 0 Å². The summed E-state index contributed by atoms with van der Waals surface area (Å²) in [7, 11) is 0. The molecule has 0 aliphatic carbocycles. The van der Waals surface area contributed by atoms with Gasteiger partial charge in [-0.15, -0.1) is 11.3 Å². The first-order valence-corrected chi connectivity index (χ1v) is 7.60. The molecule has 0 bridgehead atoms. The molecule has 0 amide bonds. The molecule has 0 spiro atoms. The van der Waals surface area contributed by atoms with Gasteiger partial charge in [0.05, 0.1) is 0 Å². The number of hydrogen-bond donors (Lipinski definition) is 0. The molecule has 0 unspecified atom stereocenters. The van der Waals surface area contributed by atoms with Crippen molar-refractivity contribution in [2.45, 2.75) is 23.9 Å². The van der Waals surface area contributed by atoms with Gasteiger partial charge in [0.2, 0.25) is 0 Å². The Morgan fingerprint density at radius 3 is 2.50 bits per heavy atom. The van der Waals surface area contributed by atoms with E-state index in [0.29, 0.717) is 0 Å². The van der Waals surface area contributed by atoms with Crippen LogP contribution >= 0.6 is 39.0 Å². The fourth-order valence-corrected chi connectivity index (χ4v) is 3.91.